The van der Waals surface area contributed by atoms with Crippen LogP contribution in [0.5, 0.6) is 0 Å². The molecule has 0 N–H and O–H groups in total. The minimum absolute atomic E-state index is 0.0869. The molecular weight excluding hydrogens is 470 g/mol. The zero-order chi connectivity index (χ0) is 26.3. The molecular formula is C22H22F6N2O4. The highest BCUT2D eigenvalue weighted by Crippen LogP contribution is 2.36. The number of esters is 1. The molecule has 1 unspecified atom stereocenters. The Kier molecular flexibility index (Phi) is 7.25. The first-order valence-corrected chi connectivity index (χ1v) is 9.78. The van der Waals surface area contributed by atoms with Gasteiger partial charge in [-0.3, -0.25) is 9.59 Å². The number of rotatable bonds is 5. The molecule has 1 heterocycles. The van der Waals surface area contributed by atoms with E-state index in [-0.39, 0.29) is 22.9 Å². The number of ketones is 1. The Bertz CT molecular complexity index is 1120. The fraction of sp³-hybridized carbons (Fsp3) is 0.409. The number of nitrogens with zero attached hydrogens (tertiary/aromatic N) is 2. The minimum Gasteiger partial charge on any atom is -0.464 e. The summed E-state index contributed by atoms with van der Waals surface area (Å²) in [5.41, 5.74) is -3.34. The fourth-order valence-electron chi connectivity index (χ4n) is 3.57. The summed E-state index contributed by atoms with van der Waals surface area (Å²) in [5.74, 6) is -2.57. The van der Waals surface area contributed by atoms with E-state index >= 15 is 0 Å². The van der Waals surface area contributed by atoms with Gasteiger partial charge in [0.05, 0.1) is 24.3 Å². The first kappa shape index (κ1) is 26.9. The highest BCUT2D eigenvalue weighted by atomic mass is 19.4. The van der Waals surface area contributed by atoms with Gasteiger partial charge in [-0.25, -0.2) is 4.79 Å². The number of hydrogen-bond donors (Lipinski definition) is 0. The molecule has 0 aliphatic rings. The zero-order valence-electron chi connectivity index (χ0n) is 19.1. The van der Waals surface area contributed by atoms with Crippen LogP contribution in [0.4, 0.5) is 26.3 Å². The van der Waals surface area contributed by atoms with Gasteiger partial charge in [0.1, 0.15) is 5.69 Å². The van der Waals surface area contributed by atoms with Crippen molar-refractivity contribution in [2.45, 2.75) is 39.2 Å². The van der Waals surface area contributed by atoms with E-state index in [2.05, 4.69) is 0 Å². The lowest BCUT2D eigenvalue weighted by atomic mass is 9.99. The molecule has 6 nitrogen and oxygen atoms in total. The van der Waals surface area contributed by atoms with Gasteiger partial charge in [-0.05, 0) is 44.5 Å². The van der Waals surface area contributed by atoms with Gasteiger partial charge in [-0.2, -0.15) is 26.3 Å². The van der Waals surface area contributed by atoms with E-state index in [9.17, 15) is 40.7 Å². The van der Waals surface area contributed by atoms with Crippen LogP contribution in [-0.4, -0.2) is 47.3 Å². The molecule has 0 fully saturated rings. The smallest absolute Gasteiger partial charge is 0.416 e. The van der Waals surface area contributed by atoms with E-state index in [1.807, 2.05) is 0 Å². The second kappa shape index (κ2) is 9.15. The number of likely N-dealkylation sites (N-methyl/N-ethyl adjacent to an activating group) is 1. The molecule has 1 aromatic carbocycles. The van der Waals surface area contributed by atoms with E-state index in [1.165, 1.54) is 25.5 Å². The van der Waals surface area contributed by atoms with E-state index < -0.39 is 52.7 Å². The number of Topliss-reactive ketones (excluding diaryl/α,β-unsaturated/α-hetero) is 1. The van der Waals surface area contributed by atoms with E-state index in [0.29, 0.717) is 17.8 Å². The first-order chi connectivity index (χ1) is 15.4. The summed E-state index contributed by atoms with van der Waals surface area (Å²) in [5, 5.41) is 0. The number of aromatic nitrogens is 1. The Balaban J connectivity index is 2.50. The molecule has 34 heavy (non-hydrogen) atoms. The van der Waals surface area contributed by atoms with Crippen LogP contribution in [0.3, 0.4) is 0 Å². The van der Waals surface area contributed by atoms with Crippen molar-refractivity contribution in [3.8, 4) is 0 Å². The van der Waals surface area contributed by atoms with Crippen LogP contribution in [0.2, 0.25) is 0 Å². The number of alkyl halides is 6. The average molecular weight is 492 g/mol. The van der Waals surface area contributed by atoms with Gasteiger partial charge in [0.15, 0.2) is 5.78 Å². The number of methoxy groups -OCH3 is 1. The number of hydrogen-bond acceptors (Lipinski definition) is 4. The molecule has 0 aliphatic carbocycles. The molecule has 2 aromatic rings. The molecule has 1 amide bonds. The maximum Gasteiger partial charge on any atom is 0.416 e. The Labute approximate surface area is 191 Å². The van der Waals surface area contributed by atoms with E-state index in [1.54, 1.807) is 6.92 Å². The highest BCUT2D eigenvalue weighted by Gasteiger charge is 2.38. The maximum absolute atomic E-state index is 13.2. The topological polar surface area (TPSA) is 68.6 Å². The van der Waals surface area contributed by atoms with Crippen molar-refractivity contribution in [3.63, 3.8) is 0 Å². The quantitative estimate of drug-likeness (QED) is 0.341. The monoisotopic (exact) mass is 492 g/mol. The van der Waals surface area contributed by atoms with Gasteiger partial charge in [0, 0.05) is 30.9 Å². The molecule has 2 rings (SSSR count). The van der Waals surface area contributed by atoms with Crippen LogP contribution >= 0.6 is 0 Å². The summed E-state index contributed by atoms with van der Waals surface area (Å²) in [6.07, 6.45) is -10.3. The summed E-state index contributed by atoms with van der Waals surface area (Å²) < 4.78 is 85.0. The predicted molar refractivity (Wildman–Crippen MR) is 109 cm³/mol. The van der Waals surface area contributed by atoms with Gasteiger partial charge >= 0.3 is 18.3 Å². The van der Waals surface area contributed by atoms with Crippen LogP contribution < -0.4 is 0 Å². The normalized spacial score (nSPS) is 12.9. The highest BCUT2D eigenvalue weighted by molar-refractivity contribution is 6.07. The number of halogens is 6. The zero-order valence-corrected chi connectivity index (χ0v) is 19.1. The lowest BCUT2D eigenvalue weighted by Gasteiger charge is -2.25. The average Bonchev–Trinajstić information content (AvgIpc) is 2.97. The van der Waals surface area contributed by atoms with Crippen molar-refractivity contribution >= 4 is 17.7 Å². The summed E-state index contributed by atoms with van der Waals surface area (Å²) in [6, 6.07) is -0.753. The van der Waals surface area contributed by atoms with Gasteiger partial charge in [-0.15, -0.1) is 0 Å². The van der Waals surface area contributed by atoms with Crippen LogP contribution in [0, 0.1) is 13.8 Å². The number of ether oxygens (including phenoxy) is 1. The second-order valence-corrected chi connectivity index (χ2v) is 7.74. The minimum atomic E-state index is -5.13. The Morgan fingerprint density at radius 3 is 1.85 bits per heavy atom. The van der Waals surface area contributed by atoms with Crippen molar-refractivity contribution in [2.24, 2.45) is 7.05 Å². The molecule has 0 aliphatic heterocycles. The van der Waals surface area contributed by atoms with Crippen molar-refractivity contribution in [1.82, 2.24) is 9.47 Å². The summed E-state index contributed by atoms with van der Waals surface area (Å²) in [6.45, 7) is 4.31. The van der Waals surface area contributed by atoms with Crippen molar-refractivity contribution in [1.29, 1.82) is 0 Å². The van der Waals surface area contributed by atoms with Crippen LogP contribution in [-0.2, 0) is 24.1 Å². The van der Waals surface area contributed by atoms with Gasteiger partial charge < -0.3 is 14.2 Å². The van der Waals surface area contributed by atoms with Crippen molar-refractivity contribution < 1.29 is 45.5 Å². The van der Waals surface area contributed by atoms with E-state index in [0.717, 1.165) is 19.1 Å². The first-order valence-electron chi connectivity index (χ1n) is 9.78. The fourth-order valence-corrected chi connectivity index (χ4v) is 3.57. The molecule has 0 spiro atoms. The predicted octanol–water partition coefficient (Wildman–Crippen LogP) is 4.81. The Morgan fingerprint density at radius 2 is 1.44 bits per heavy atom. The van der Waals surface area contributed by atoms with Crippen molar-refractivity contribution in [3.05, 3.63) is 57.4 Å². The molecule has 0 saturated heterocycles. The lowest BCUT2D eigenvalue weighted by molar-refractivity contribution is -0.143. The van der Waals surface area contributed by atoms with Crippen LogP contribution in [0.25, 0.3) is 0 Å². The van der Waals surface area contributed by atoms with Crippen molar-refractivity contribution in [2.75, 3.05) is 14.2 Å². The third kappa shape index (κ3) is 4.95. The number of amides is 1. The van der Waals surface area contributed by atoms with Crippen LogP contribution in [0.1, 0.15) is 60.5 Å². The van der Waals surface area contributed by atoms with Gasteiger partial charge in [-0.1, -0.05) is 0 Å². The molecule has 0 saturated carbocycles. The van der Waals surface area contributed by atoms with E-state index in [4.69, 9.17) is 4.74 Å². The molecule has 186 valence electrons. The summed E-state index contributed by atoms with van der Waals surface area (Å²) in [4.78, 5) is 38.8. The number of carbonyl (C=O) groups is 3. The third-order valence-electron chi connectivity index (χ3n) is 5.67. The molecule has 0 bridgehead atoms. The number of benzene rings is 1. The second-order valence-electron chi connectivity index (χ2n) is 7.74. The molecule has 1 aromatic heterocycles. The summed E-state index contributed by atoms with van der Waals surface area (Å²) >= 11 is 0. The Morgan fingerprint density at radius 1 is 0.971 bits per heavy atom. The van der Waals surface area contributed by atoms with Gasteiger partial charge in [0.2, 0.25) is 0 Å². The maximum atomic E-state index is 13.2. The van der Waals surface area contributed by atoms with Gasteiger partial charge in [0.25, 0.3) is 5.91 Å². The SMILES string of the molecule is COC(=O)c1c(C)c(C(=O)C(C)N(C)C(=O)c2cc(C(F)(F)F)cc(C(F)(F)F)c2)c(C)n1C. The van der Waals surface area contributed by atoms with Crippen LogP contribution in [0.15, 0.2) is 18.2 Å². The molecule has 12 heteroatoms. The number of carbonyl (C=O) groups excluding carboxylic acids is 3. The molecule has 1 atom stereocenters. The summed E-state index contributed by atoms with van der Waals surface area (Å²) in [7, 11) is 3.77. The lowest BCUT2D eigenvalue weighted by Crippen LogP contribution is -2.41. The Hall–Kier alpha value is -3.31. The largest absolute Gasteiger partial charge is 0.464 e. The molecule has 0 radical (unpaired) electrons. The standard InChI is InChI=1S/C22H22F6N2O4/c1-10-16(11(2)29(4)17(10)20(33)34-6)18(31)12(3)30(5)19(32)13-7-14(21(23,24)25)9-15(8-13)22(26,27)28/h7-9,12H,1-6H3. The third-order valence-corrected chi connectivity index (χ3v) is 5.67.